The van der Waals surface area contributed by atoms with Gasteiger partial charge in [-0.15, -0.1) is 0 Å². The largest absolute Gasteiger partial charge is 0.394 e. The molecule has 2 fully saturated rings. The Hall–Kier alpha value is -2.31. The molecule has 1 amide bonds. The third-order valence-electron chi connectivity index (χ3n) is 17.0. The molecule has 2 saturated heterocycles. The maximum absolute atomic E-state index is 13.3. The molecule has 0 spiro atoms. The summed E-state index contributed by atoms with van der Waals surface area (Å²) in [5.41, 5.74) is 0. The van der Waals surface area contributed by atoms with E-state index in [1.165, 1.54) is 180 Å². The van der Waals surface area contributed by atoms with Crippen molar-refractivity contribution in [2.24, 2.45) is 0 Å². The highest BCUT2D eigenvalue weighted by Gasteiger charge is 2.51. The first kappa shape index (κ1) is 78.8. The predicted molar refractivity (Wildman–Crippen MR) is 346 cm³/mol. The molecule has 9 N–H and O–H groups in total. The number of amides is 1. The SMILES string of the molecule is CC/C=C\C/C=C\C/C=C\C/C=C\C/C=C\CCCCCCCCCCCCCCCCCCCC(=O)NC(COC1OC(CO)C(OC2OC(CO)C(O)C(O)C2O)C(O)C1O)C(O)CCCCCCCCCCCCCCCCCCCC. The summed E-state index contributed by atoms with van der Waals surface area (Å²) in [7, 11) is 0. The molecule has 2 heterocycles. The van der Waals surface area contributed by atoms with Crippen LogP contribution in [0.25, 0.3) is 0 Å². The Balaban J connectivity index is 1.63. The summed E-state index contributed by atoms with van der Waals surface area (Å²) >= 11 is 0. The van der Waals surface area contributed by atoms with Gasteiger partial charge in [-0.3, -0.25) is 4.79 Å². The number of nitrogens with one attached hydrogen (secondary N) is 1. The summed E-state index contributed by atoms with van der Waals surface area (Å²) in [5.74, 6) is -0.204. The van der Waals surface area contributed by atoms with Crippen molar-refractivity contribution in [2.75, 3.05) is 19.8 Å². The Morgan fingerprint density at radius 1 is 0.435 bits per heavy atom. The fourth-order valence-electron chi connectivity index (χ4n) is 11.4. The van der Waals surface area contributed by atoms with Crippen LogP contribution in [0.4, 0.5) is 0 Å². The van der Waals surface area contributed by atoms with Crippen molar-refractivity contribution in [3.05, 3.63) is 60.8 Å². The summed E-state index contributed by atoms with van der Waals surface area (Å²) < 4.78 is 22.9. The second kappa shape index (κ2) is 55.7. The Labute approximate surface area is 517 Å². The van der Waals surface area contributed by atoms with E-state index in [4.69, 9.17) is 18.9 Å². The fourth-order valence-corrected chi connectivity index (χ4v) is 11.4. The first-order valence-electron chi connectivity index (χ1n) is 35.0. The molecule has 0 aliphatic carbocycles. The van der Waals surface area contributed by atoms with E-state index in [1.807, 2.05) is 0 Å². The van der Waals surface area contributed by atoms with Crippen LogP contribution in [0, 0.1) is 0 Å². The van der Waals surface area contributed by atoms with E-state index in [2.05, 4.69) is 79.9 Å². The normalized spacial score (nSPS) is 23.9. The maximum atomic E-state index is 13.3. The Morgan fingerprint density at radius 3 is 1.25 bits per heavy atom. The molecule has 12 atom stereocenters. The number of hydrogen-bond acceptors (Lipinski definition) is 13. The lowest BCUT2D eigenvalue weighted by Crippen LogP contribution is -2.65. The van der Waals surface area contributed by atoms with E-state index in [1.54, 1.807) is 0 Å². The van der Waals surface area contributed by atoms with Crippen LogP contribution in [0.15, 0.2) is 60.8 Å². The van der Waals surface area contributed by atoms with E-state index >= 15 is 0 Å². The molecule has 14 heteroatoms. The van der Waals surface area contributed by atoms with Crippen LogP contribution in [0.3, 0.4) is 0 Å². The smallest absolute Gasteiger partial charge is 0.220 e. The van der Waals surface area contributed by atoms with Gasteiger partial charge in [0.2, 0.25) is 5.91 Å². The zero-order valence-electron chi connectivity index (χ0n) is 53.8. The zero-order valence-corrected chi connectivity index (χ0v) is 53.8. The molecule has 496 valence electrons. The molecular formula is C71H129NO13. The number of ether oxygens (including phenoxy) is 4. The van der Waals surface area contributed by atoms with Crippen LogP contribution in [-0.4, -0.2) is 140 Å². The molecule has 0 bridgehead atoms. The highest BCUT2D eigenvalue weighted by atomic mass is 16.7. The van der Waals surface area contributed by atoms with Gasteiger partial charge in [0.15, 0.2) is 12.6 Å². The summed E-state index contributed by atoms with van der Waals surface area (Å²) in [6, 6.07) is -0.830. The molecule has 2 aliphatic rings. The number of aliphatic hydroxyl groups is 8. The van der Waals surface area contributed by atoms with E-state index in [0.717, 1.165) is 83.5 Å². The number of hydrogen-bond donors (Lipinski definition) is 9. The van der Waals surface area contributed by atoms with E-state index in [0.29, 0.717) is 12.8 Å². The van der Waals surface area contributed by atoms with Crippen molar-refractivity contribution in [2.45, 2.75) is 364 Å². The standard InChI is InChI=1S/C71H129NO13/c1-3-5-7-9-11-13-15-17-19-21-23-24-25-26-27-28-29-30-31-32-33-34-35-36-37-39-41-43-45-47-49-51-53-55-63(76)72-59(60(75)54-52-50-48-46-44-42-40-38-22-20-18-16-14-12-10-8-6-4-2)58-82-70-68(81)66(79)69(62(57-74)84-70)85-71-67(80)65(78)64(77)61(56-73)83-71/h5,7,11,13,17,19,23-24,26-27,59-62,64-71,73-75,77-81H,3-4,6,8-10,12,14-16,18,20-22,25,28-58H2,1-2H3,(H,72,76)/b7-5-,13-11-,19-17-,24-23-,27-26-. The van der Waals surface area contributed by atoms with Crippen LogP contribution < -0.4 is 5.32 Å². The van der Waals surface area contributed by atoms with Crippen molar-refractivity contribution in [1.82, 2.24) is 5.32 Å². The second-order valence-electron chi connectivity index (χ2n) is 24.6. The lowest BCUT2D eigenvalue weighted by atomic mass is 9.97. The quantitative estimate of drug-likeness (QED) is 0.0204. The molecule has 0 radical (unpaired) electrons. The van der Waals surface area contributed by atoms with Gasteiger partial charge in [-0.25, -0.2) is 0 Å². The molecule has 0 aromatic heterocycles. The average molecular weight is 1200 g/mol. The molecule has 14 nitrogen and oxygen atoms in total. The number of carbonyl (C=O) groups excluding carboxylic acids is 1. The first-order chi connectivity index (χ1) is 41.6. The maximum Gasteiger partial charge on any atom is 0.220 e. The summed E-state index contributed by atoms with van der Waals surface area (Å²) in [4.78, 5) is 13.3. The molecule has 85 heavy (non-hydrogen) atoms. The van der Waals surface area contributed by atoms with E-state index in [-0.39, 0.29) is 12.5 Å². The van der Waals surface area contributed by atoms with Gasteiger partial charge in [-0.1, -0.05) is 286 Å². The molecular weight excluding hydrogens is 1070 g/mol. The Morgan fingerprint density at radius 2 is 0.812 bits per heavy atom. The van der Waals surface area contributed by atoms with Gasteiger partial charge in [0.05, 0.1) is 32.0 Å². The van der Waals surface area contributed by atoms with Crippen LogP contribution in [0.5, 0.6) is 0 Å². The van der Waals surface area contributed by atoms with Crippen LogP contribution in [0.1, 0.15) is 290 Å². The third kappa shape index (κ3) is 40.1. The monoisotopic (exact) mass is 1200 g/mol. The number of aliphatic hydroxyl groups excluding tert-OH is 8. The lowest BCUT2D eigenvalue weighted by molar-refractivity contribution is -0.359. The molecule has 2 aliphatic heterocycles. The van der Waals surface area contributed by atoms with Crippen LogP contribution >= 0.6 is 0 Å². The molecule has 2 rings (SSSR count). The van der Waals surface area contributed by atoms with E-state index in [9.17, 15) is 45.6 Å². The first-order valence-corrected chi connectivity index (χ1v) is 35.0. The number of rotatable bonds is 57. The van der Waals surface area contributed by atoms with Crippen molar-refractivity contribution in [3.63, 3.8) is 0 Å². The fraction of sp³-hybridized carbons (Fsp3) is 0.845. The van der Waals surface area contributed by atoms with E-state index < -0.39 is 86.8 Å². The Bertz CT molecular complexity index is 1660. The van der Waals surface area contributed by atoms with Gasteiger partial charge in [-0.05, 0) is 57.8 Å². The highest BCUT2D eigenvalue weighted by Crippen LogP contribution is 2.30. The zero-order chi connectivity index (χ0) is 61.6. The minimum absolute atomic E-state index is 0.204. The van der Waals surface area contributed by atoms with Gasteiger partial charge in [-0.2, -0.15) is 0 Å². The van der Waals surface area contributed by atoms with Crippen molar-refractivity contribution in [1.29, 1.82) is 0 Å². The molecule has 0 aromatic carbocycles. The number of carbonyl (C=O) groups is 1. The summed E-state index contributed by atoms with van der Waals surface area (Å²) in [5, 5.41) is 87.6. The number of unbranched alkanes of at least 4 members (excludes halogenated alkanes) is 34. The van der Waals surface area contributed by atoms with Crippen molar-refractivity contribution >= 4 is 5.91 Å². The highest BCUT2D eigenvalue weighted by molar-refractivity contribution is 5.76. The minimum atomic E-state index is -1.78. The van der Waals surface area contributed by atoms with Gasteiger partial charge in [0.1, 0.15) is 48.8 Å². The van der Waals surface area contributed by atoms with Crippen LogP contribution in [0.2, 0.25) is 0 Å². The topological polar surface area (TPSA) is 228 Å². The summed E-state index contributed by atoms with van der Waals surface area (Å²) in [6.45, 7) is 2.78. The van der Waals surface area contributed by atoms with Crippen molar-refractivity contribution < 1.29 is 64.6 Å². The van der Waals surface area contributed by atoms with Gasteiger partial charge in [0.25, 0.3) is 0 Å². The van der Waals surface area contributed by atoms with Gasteiger partial charge in [0, 0.05) is 6.42 Å². The summed E-state index contributed by atoms with van der Waals surface area (Å²) in [6.07, 6.45) is 56.6. The second-order valence-corrected chi connectivity index (χ2v) is 24.6. The third-order valence-corrected chi connectivity index (χ3v) is 17.0. The van der Waals surface area contributed by atoms with Gasteiger partial charge >= 0.3 is 0 Å². The lowest BCUT2D eigenvalue weighted by Gasteiger charge is -2.46. The predicted octanol–water partition coefficient (Wildman–Crippen LogP) is 14.1. The molecule has 0 saturated carbocycles. The van der Waals surface area contributed by atoms with Crippen molar-refractivity contribution in [3.8, 4) is 0 Å². The minimum Gasteiger partial charge on any atom is -0.394 e. The number of allylic oxidation sites excluding steroid dienone is 10. The average Bonchev–Trinajstić information content (AvgIpc) is 3.29. The van der Waals surface area contributed by atoms with Crippen LogP contribution in [-0.2, 0) is 23.7 Å². The Kier molecular flexibility index (Phi) is 51.7. The molecule has 0 aromatic rings. The molecule has 12 unspecified atom stereocenters. The van der Waals surface area contributed by atoms with Gasteiger partial charge < -0.3 is 65.1 Å².